The molecule has 0 radical (unpaired) electrons. The van der Waals surface area contributed by atoms with Gasteiger partial charge in [-0.3, -0.25) is 0 Å². The molecular weight excluding hydrogens is 254 g/mol. The Kier molecular flexibility index (Phi) is 3.18. The first-order chi connectivity index (χ1) is 9.72. The molecule has 1 N–H and O–H groups in total. The minimum Gasteiger partial charge on any atom is -0.481 e. The number of ether oxygens (including phenoxy) is 2. The Bertz CT molecular complexity index is 608. The maximum absolute atomic E-state index is 5.23. The summed E-state index contributed by atoms with van der Waals surface area (Å²) in [5, 5.41) is 3.46. The van der Waals surface area contributed by atoms with E-state index in [1.807, 2.05) is 12.1 Å². The topological polar surface area (TPSA) is 56.3 Å². The Morgan fingerprint density at radius 3 is 2.35 bits per heavy atom. The Balaban J connectivity index is 2.08. The molecule has 0 aliphatic carbocycles. The molecule has 2 aromatic rings. The average molecular weight is 271 g/mol. The van der Waals surface area contributed by atoms with Crippen LogP contribution >= 0.6 is 0 Å². The summed E-state index contributed by atoms with van der Waals surface area (Å²) in [5.74, 6) is 1.84. The van der Waals surface area contributed by atoms with Crippen LogP contribution in [0.4, 0.5) is 5.69 Å². The van der Waals surface area contributed by atoms with E-state index in [2.05, 4.69) is 34.3 Å². The summed E-state index contributed by atoms with van der Waals surface area (Å²) in [6.45, 7) is 2.12. The van der Waals surface area contributed by atoms with Crippen molar-refractivity contribution in [1.82, 2.24) is 9.97 Å². The van der Waals surface area contributed by atoms with E-state index in [1.54, 1.807) is 20.3 Å². The van der Waals surface area contributed by atoms with E-state index in [0.29, 0.717) is 17.6 Å². The molecule has 2 atom stereocenters. The van der Waals surface area contributed by atoms with Gasteiger partial charge in [0.25, 0.3) is 0 Å². The Hall–Kier alpha value is -2.30. The van der Waals surface area contributed by atoms with Gasteiger partial charge in [0.15, 0.2) is 0 Å². The van der Waals surface area contributed by atoms with Crippen molar-refractivity contribution in [2.45, 2.75) is 18.9 Å². The molecule has 3 rings (SSSR count). The zero-order chi connectivity index (χ0) is 14.1. The highest BCUT2D eigenvalue weighted by Crippen LogP contribution is 2.39. The lowest BCUT2D eigenvalue weighted by atomic mass is 9.95. The lowest BCUT2D eigenvalue weighted by molar-refractivity contribution is 0.366. The Morgan fingerprint density at radius 1 is 1.05 bits per heavy atom. The lowest BCUT2D eigenvalue weighted by Crippen LogP contribution is -2.19. The SMILES string of the molecule is COc1cc(OC)nc(C2c3ccccc3NC2C)n1. The maximum Gasteiger partial charge on any atom is 0.220 e. The van der Waals surface area contributed by atoms with Crippen LogP contribution in [0.2, 0.25) is 0 Å². The second-order valence-electron chi connectivity index (χ2n) is 4.81. The molecule has 1 aromatic carbocycles. The van der Waals surface area contributed by atoms with Gasteiger partial charge >= 0.3 is 0 Å². The number of methoxy groups -OCH3 is 2. The number of fused-ring (bicyclic) bond motifs is 1. The Morgan fingerprint density at radius 2 is 1.70 bits per heavy atom. The van der Waals surface area contributed by atoms with Crippen LogP contribution < -0.4 is 14.8 Å². The molecule has 5 nitrogen and oxygen atoms in total. The number of rotatable bonds is 3. The summed E-state index contributed by atoms with van der Waals surface area (Å²) in [7, 11) is 3.19. The number of hydrogen-bond donors (Lipinski definition) is 1. The smallest absolute Gasteiger partial charge is 0.220 e. The summed E-state index contributed by atoms with van der Waals surface area (Å²) in [4.78, 5) is 8.96. The third-order valence-corrected chi connectivity index (χ3v) is 3.57. The zero-order valence-electron chi connectivity index (χ0n) is 11.8. The molecule has 0 saturated carbocycles. The largest absolute Gasteiger partial charge is 0.481 e. The van der Waals surface area contributed by atoms with E-state index >= 15 is 0 Å². The number of nitrogens with zero attached hydrogens (tertiary/aromatic N) is 2. The number of anilines is 1. The van der Waals surface area contributed by atoms with Crippen molar-refractivity contribution in [2.24, 2.45) is 0 Å². The number of nitrogens with one attached hydrogen (secondary N) is 1. The fraction of sp³-hybridized carbons (Fsp3) is 0.333. The molecule has 2 unspecified atom stereocenters. The molecule has 0 fully saturated rings. The summed E-state index contributed by atoms with van der Waals surface area (Å²) >= 11 is 0. The van der Waals surface area contributed by atoms with Crippen molar-refractivity contribution >= 4 is 5.69 Å². The predicted molar refractivity (Wildman–Crippen MR) is 76.5 cm³/mol. The average Bonchev–Trinajstić information content (AvgIpc) is 2.82. The van der Waals surface area contributed by atoms with Crippen molar-refractivity contribution in [3.05, 3.63) is 41.7 Å². The van der Waals surface area contributed by atoms with Gasteiger partial charge in [0, 0.05) is 11.7 Å². The van der Waals surface area contributed by atoms with E-state index in [9.17, 15) is 0 Å². The molecule has 2 heterocycles. The zero-order valence-corrected chi connectivity index (χ0v) is 11.8. The molecule has 104 valence electrons. The molecule has 0 saturated heterocycles. The minimum atomic E-state index is 0.0928. The van der Waals surface area contributed by atoms with Gasteiger partial charge in [0.2, 0.25) is 11.8 Å². The fourth-order valence-electron chi connectivity index (χ4n) is 2.63. The van der Waals surface area contributed by atoms with Crippen LogP contribution in [0.25, 0.3) is 0 Å². The molecule has 0 spiro atoms. The van der Waals surface area contributed by atoms with Crippen molar-refractivity contribution in [3.8, 4) is 11.8 Å². The molecule has 1 aliphatic heterocycles. The summed E-state index contributed by atoms with van der Waals surface area (Å²) in [5.41, 5.74) is 2.34. The van der Waals surface area contributed by atoms with Crippen molar-refractivity contribution in [2.75, 3.05) is 19.5 Å². The fourth-order valence-corrected chi connectivity index (χ4v) is 2.63. The van der Waals surface area contributed by atoms with Gasteiger partial charge in [-0.05, 0) is 18.6 Å². The second-order valence-corrected chi connectivity index (χ2v) is 4.81. The van der Waals surface area contributed by atoms with Crippen molar-refractivity contribution in [3.63, 3.8) is 0 Å². The van der Waals surface area contributed by atoms with Crippen LogP contribution in [-0.2, 0) is 0 Å². The van der Waals surface area contributed by atoms with E-state index < -0.39 is 0 Å². The third-order valence-electron chi connectivity index (χ3n) is 3.57. The standard InChI is InChI=1S/C15H17N3O2/c1-9-14(10-6-4-5-7-11(10)16-9)15-17-12(19-2)8-13(18-15)20-3/h4-9,14,16H,1-3H3. The van der Waals surface area contributed by atoms with Gasteiger partial charge in [-0.25, -0.2) is 0 Å². The lowest BCUT2D eigenvalue weighted by Gasteiger charge is -2.16. The highest BCUT2D eigenvalue weighted by Gasteiger charge is 2.32. The van der Waals surface area contributed by atoms with E-state index in [4.69, 9.17) is 9.47 Å². The van der Waals surface area contributed by atoms with Crippen LogP contribution in [-0.4, -0.2) is 30.2 Å². The van der Waals surface area contributed by atoms with Gasteiger partial charge in [-0.2, -0.15) is 9.97 Å². The molecule has 0 amide bonds. The highest BCUT2D eigenvalue weighted by atomic mass is 16.5. The number of para-hydroxylation sites is 1. The first-order valence-corrected chi connectivity index (χ1v) is 6.55. The molecule has 1 aromatic heterocycles. The molecular formula is C15H17N3O2. The van der Waals surface area contributed by atoms with Gasteiger partial charge in [-0.1, -0.05) is 18.2 Å². The van der Waals surface area contributed by atoms with Gasteiger partial charge in [0.05, 0.1) is 26.2 Å². The van der Waals surface area contributed by atoms with Crippen LogP contribution in [0.5, 0.6) is 11.8 Å². The first-order valence-electron chi connectivity index (χ1n) is 6.55. The molecule has 5 heteroatoms. The third kappa shape index (κ3) is 2.05. The van der Waals surface area contributed by atoms with Gasteiger partial charge in [-0.15, -0.1) is 0 Å². The quantitative estimate of drug-likeness (QED) is 0.929. The van der Waals surface area contributed by atoms with E-state index in [1.165, 1.54) is 5.56 Å². The van der Waals surface area contributed by atoms with Crippen LogP contribution in [0.15, 0.2) is 30.3 Å². The monoisotopic (exact) mass is 271 g/mol. The summed E-state index contributed by atoms with van der Waals surface area (Å²) in [6, 6.07) is 10.1. The highest BCUT2D eigenvalue weighted by molar-refractivity contribution is 5.61. The summed E-state index contributed by atoms with van der Waals surface area (Å²) in [6.07, 6.45) is 0. The summed E-state index contributed by atoms with van der Waals surface area (Å²) < 4.78 is 10.5. The van der Waals surface area contributed by atoms with Crippen molar-refractivity contribution in [1.29, 1.82) is 0 Å². The van der Waals surface area contributed by atoms with Crippen LogP contribution in [0.3, 0.4) is 0 Å². The minimum absolute atomic E-state index is 0.0928. The van der Waals surface area contributed by atoms with Gasteiger partial charge in [0.1, 0.15) is 5.82 Å². The second kappa shape index (κ2) is 5.00. The molecule has 1 aliphatic rings. The van der Waals surface area contributed by atoms with Gasteiger partial charge < -0.3 is 14.8 Å². The van der Waals surface area contributed by atoms with E-state index in [-0.39, 0.29) is 12.0 Å². The van der Waals surface area contributed by atoms with E-state index in [0.717, 1.165) is 5.69 Å². The molecule has 20 heavy (non-hydrogen) atoms. The first kappa shape index (κ1) is 12.7. The molecule has 0 bridgehead atoms. The number of aromatic nitrogens is 2. The van der Waals surface area contributed by atoms with Crippen LogP contribution in [0.1, 0.15) is 24.2 Å². The number of hydrogen-bond acceptors (Lipinski definition) is 5. The Labute approximate surface area is 118 Å². The number of benzene rings is 1. The van der Waals surface area contributed by atoms with Crippen molar-refractivity contribution < 1.29 is 9.47 Å². The van der Waals surface area contributed by atoms with Crippen LogP contribution in [0, 0.1) is 0 Å². The maximum atomic E-state index is 5.23. The predicted octanol–water partition coefficient (Wildman–Crippen LogP) is 2.44. The normalized spacial score (nSPS) is 20.1.